The van der Waals surface area contributed by atoms with Crippen LogP contribution in [0.25, 0.3) is 5.70 Å². The molecule has 2 unspecified atom stereocenters. The minimum atomic E-state index is -0.466. The molecule has 4 rings (SSSR count). The number of carbonyl (C=O) groups is 3. The van der Waals surface area contributed by atoms with E-state index >= 15 is 0 Å². The summed E-state index contributed by atoms with van der Waals surface area (Å²) in [5, 5.41) is 3.34. The Morgan fingerprint density at radius 3 is 2.41 bits per heavy atom. The van der Waals surface area contributed by atoms with Gasteiger partial charge in [0.05, 0.1) is 18.6 Å². The molecular formula is C26H28N2O4. The molecule has 0 bridgehead atoms. The largest absolute Gasteiger partial charge is 0.465 e. The summed E-state index contributed by atoms with van der Waals surface area (Å²) in [7, 11) is 1.37. The Balaban J connectivity index is 1.39. The van der Waals surface area contributed by atoms with Gasteiger partial charge in [0.25, 0.3) is 5.91 Å². The number of Topliss-reactive ketones (excluding diaryl/α,β-unsaturated/α-hetero) is 1. The first kappa shape index (κ1) is 21.8. The Kier molecular flexibility index (Phi) is 6.40. The molecule has 2 heterocycles. The Bertz CT molecular complexity index is 1040. The fraction of sp³-hybridized carbons (Fsp3) is 0.346. The molecule has 6 nitrogen and oxygen atoms in total. The van der Waals surface area contributed by atoms with Gasteiger partial charge in [-0.15, -0.1) is 0 Å². The van der Waals surface area contributed by atoms with E-state index < -0.39 is 11.8 Å². The maximum atomic E-state index is 13.0. The summed E-state index contributed by atoms with van der Waals surface area (Å²) >= 11 is 0. The van der Waals surface area contributed by atoms with Crippen LogP contribution in [0, 0.1) is 5.92 Å². The average Bonchev–Trinajstić information content (AvgIpc) is 3.25. The highest BCUT2D eigenvalue weighted by Gasteiger charge is 2.36. The summed E-state index contributed by atoms with van der Waals surface area (Å²) in [5.41, 5.74) is 3.50. The predicted octanol–water partition coefficient (Wildman–Crippen LogP) is 3.40. The molecule has 0 aromatic heterocycles. The average molecular weight is 433 g/mol. The van der Waals surface area contributed by atoms with E-state index in [0.717, 1.165) is 29.7 Å². The molecule has 2 aliphatic heterocycles. The van der Waals surface area contributed by atoms with Crippen molar-refractivity contribution in [1.29, 1.82) is 0 Å². The van der Waals surface area contributed by atoms with Gasteiger partial charge in [0, 0.05) is 24.8 Å². The molecule has 2 atom stereocenters. The van der Waals surface area contributed by atoms with Gasteiger partial charge in [-0.1, -0.05) is 42.5 Å². The molecule has 6 heteroatoms. The van der Waals surface area contributed by atoms with Crippen LogP contribution in [-0.4, -0.2) is 48.8 Å². The zero-order valence-corrected chi connectivity index (χ0v) is 18.4. The van der Waals surface area contributed by atoms with E-state index in [2.05, 4.69) is 5.32 Å². The third-order valence-corrected chi connectivity index (χ3v) is 6.43. The van der Waals surface area contributed by atoms with Crippen LogP contribution in [-0.2, 0) is 14.3 Å². The fourth-order valence-corrected chi connectivity index (χ4v) is 4.56. The van der Waals surface area contributed by atoms with Gasteiger partial charge in [0.1, 0.15) is 0 Å². The van der Waals surface area contributed by atoms with Gasteiger partial charge >= 0.3 is 5.97 Å². The van der Waals surface area contributed by atoms with Crippen LogP contribution in [0.3, 0.4) is 0 Å². The van der Waals surface area contributed by atoms with Crippen LogP contribution in [0.15, 0.2) is 60.7 Å². The number of piperidine rings is 1. The second-order valence-electron chi connectivity index (χ2n) is 8.45. The van der Waals surface area contributed by atoms with Crippen molar-refractivity contribution >= 4 is 23.4 Å². The summed E-state index contributed by atoms with van der Waals surface area (Å²) in [6.07, 6.45) is 3.39. The molecule has 166 valence electrons. The number of ketones is 1. The number of rotatable bonds is 5. The number of amides is 1. The van der Waals surface area contributed by atoms with E-state index in [9.17, 15) is 14.4 Å². The van der Waals surface area contributed by atoms with Gasteiger partial charge in [-0.2, -0.15) is 0 Å². The predicted molar refractivity (Wildman–Crippen MR) is 122 cm³/mol. The van der Waals surface area contributed by atoms with Gasteiger partial charge in [-0.25, -0.2) is 4.79 Å². The number of ether oxygens (including phenoxy) is 1. The van der Waals surface area contributed by atoms with E-state index in [1.165, 1.54) is 7.11 Å². The number of benzene rings is 2. The van der Waals surface area contributed by atoms with Crippen LogP contribution in [0.1, 0.15) is 47.2 Å². The molecule has 0 aliphatic carbocycles. The molecule has 32 heavy (non-hydrogen) atoms. The number of methoxy groups -OCH3 is 1. The summed E-state index contributed by atoms with van der Waals surface area (Å²) in [4.78, 5) is 39.4. The highest BCUT2D eigenvalue weighted by molar-refractivity contribution is 6.37. The zero-order valence-electron chi connectivity index (χ0n) is 18.4. The number of hydrogen-bond acceptors (Lipinski definition) is 5. The Labute approximate surface area is 188 Å². The molecule has 2 aromatic rings. The number of nitrogens with zero attached hydrogens (tertiary/aromatic N) is 1. The third-order valence-electron chi connectivity index (χ3n) is 6.43. The molecule has 1 saturated heterocycles. The first-order chi connectivity index (χ1) is 15.5. The van der Waals surface area contributed by atoms with Gasteiger partial charge < -0.3 is 15.0 Å². The minimum Gasteiger partial charge on any atom is -0.465 e. The van der Waals surface area contributed by atoms with E-state index in [1.54, 1.807) is 11.0 Å². The fourth-order valence-electron chi connectivity index (χ4n) is 4.56. The lowest BCUT2D eigenvalue weighted by Gasteiger charge is -2.32. The van der Waals surface area contributed by atoms with Gasteiger partial charge in [-0.05, 0) is 55.0 Å². The lowest BCUT2D eigenvalue weighted by Crippen LogP contribution is -2.45. The summed E-state index contributed by atoms with van der Waals surface area (Å²) in [5.74, 6) is -1.34. The summed E-state index contributed by atoms with van der Waals surface area (Å²) in [6, 6.07) is 17.2. The first-order valence-corrected chi connectivity index (χ1v) is 11.0. The number of hydrogen-bond donors (Lipinski definition) is 1. The van der Waals surface area contributed by atoms with Crippen molar-refractivity contribution in [2.45, 2.75) is 31.7 Å². The summed E-state index contributed by atoms with van der Waals surface area (Å²) < 4.78 is 4.81. The van der Waals surface area contributed by atoms with E-state index in [1.807, 2.05) is 61.5 Å². The lowest BCUT2D eigenvalue weighted by molar-refractivity contribution is -0.146. The number of esters is 1. The summed E-state index contributed by atoms with van der Waals surface area (Å²) in [6.45, 7) is 2.99. The smallest absolute Gasteiger partial charge is 0.337 e. The molecule has 1 N–H and O–H groups in total. The number of carbonyl (C=O) groups excluding carboxylic acids is 3. The number of nitrogens with one attached hydrogen (secondary N) is 1. The highest BCUT2D eigenvalue weighted by atomic mass is 16.5. The second-order valence-corrected chi connectivity index (χ2v) is 8.45. The van der Waals surface area contributed by atoms with Crippen molar-refractivity contribution in [3.63, 3.8) is 0 Å². The van der Waals surface area contributed by atoms with Crippen molar-refractivity contribution in [2.75, 3.05) is 20.2 Å². The molecule has 0 spiro atoms. The second kappa shape index (κ2) is 9.39. The molecular weight excluding hydrogens is 404 g/mol. The first-order valence-electron chi connectivity index (χ1n) is 11.0. The van der Waals surface area contributed by atoms with Gasteiger partial charge in [0.15, 0.2) is 0 Å². The normalized spacial score (nSPS) is 20.9. The molecule has 0 saturated carbocycles. The zero-order chi connectivity index (χ0) is 22.7. The molecule has 2 aliphatic rings. The lowest BCUT2D eigenvalue weighted by atomic mass is 9.88. The Morgan fingerprint density at radius 2 is 1.72 bits per heavy atom. The molecule has 2 aromatic carbocycles. The molecule has 1 fully saturated rings. The Hall–Kier alpha value is -3.41. The van der Waals surface area contributed by atoms with E-state index in [-0.39, 0.29) is 23.7 Å². The molecule has 0 radical (unpaired) electrons. The third kappa shape index (κ3) is 4.44. The van der Waals surface area contributed by atoms with Crippen LogP contribution >= 0.6 is 0 Å². The highest BCUT2D eigenvalue weighted by Crippen LogP contribution is 2.30. The number of likely N-dealkylation sites (tertiary alicyclic amines) is 1. The van der Waals surface area contributed by atoms with E-state index in [0.29, 0.717) is 18.7 Å². The van der Waals surface area contributed by atoms with Crippen LogP contribution in [0.2, 0.25) is 0 Å². The van der Waals surface area contributed by atoms with Gasteiger partial charge in [0.2, 0.25) is 5.78 Å². The van der Waals surface area contributed by atoms with Crippen molar-refractivity contribution < 1.29 is 19.1 Å². The monoisotopic (exact) mass is 432 g/mol. The minimum absolute atomic E-state index is 0.125. The van der Waals surface area contributed by atoms with E-state index in [4.69, 9.17) is 4.74 Å². The van der Waals surface area contributed by atoms with Crippen LogP contribution in [0.5, 0.6) is 0 Å². The van der Waals surface area contributed by atoms with Gasteiger partial charge in [-0.3, -0.25) is 9.59 Å². The molecule has 1 amide bonds. The van der Waals surface area contributed by atoms with Crippen molar-refractivity contribution in [3.8, 4) is 0 Å². The maximum absolute atomic E-state index is 13.0. The van der Waals surface area contributed by atoms with Crippen molar-refractivity contribution in [2.24, 2.45) is 5.92 Å². The maximum Gasteiger partial charge on any atom is 0.337 e. The SMILES string of the molecule is COC(=O)c1cccc(C2CCN(C(=O)C(=O)C3C=C(c4ccccc4)NC3C)CC2)c1. The van der Waals surface area contributed by atoms with Crippen molar-refractivity contribution in [1.82, 2.24) is 10.2 Å². The topological polar surface area (TPSA) is 75.7 Å². The quantitative estimate of drug-likeness (QED) is 0.579. The van der Waals surface area contributed by atoms with Crippen LogP contribution in [0.4, 0.5) is 0 Å². The van der Waals surface area contributed by atoms with Crippen molar-refractivity contribution in [3.05, 3.63) is 77.4 Å². The Morgan fingerprint density at radius 1 is 1.00 bits per heavy atom. The van der Waals surface area contributed by atoms with Crippen LogP contribution < -0.4 is 5.32 Å². The standard InChI is InChI=1S/C26H28N2O4/c1-17-22(16-23(27-17)19-7-4-3-5-8-19)24(29)25(30)28-13-11-18(12-14-28)20-9-6-10-21(15-20)26(31)32-2/h3-10,15-18,22,27H,11-14H2,1-2H3.